The second-order valence-electron chi connectivity index (χ2n) is 1.87. The zero-order valence-electron chi connectivity index (χ0n) is 6.58. The molecule has 0 bridgehead atoms. The van der Waals surface area contributed by atoms with Gasteiger partial charge in [-0.3, -0.25) is 20.2 Å². The van der Waals surface area contributed by atoms with E-state index in [9.17, 15) is 25.0 Å². The van der Waals surface area contributed by atoms with Crippen LogP contribution in [0.2, 0.25) is 0 Å². The van der Waals surface area contributed by atoms with E-state index in [1.165, 1.54) is 0 Å². The van der Waals surface area contributed by atoms with Gasteiger partial charge in [-0.2, -0.15) is 0 Å². The molecule has 0 radical (unpaired) electrons. The van der Waals surface area contributed by atoms with Gasteiger partial charge in [0.05, 0.1) is 13.2 Å². The number of methoxy groups -OCH3 is 1. The van der Waals surface area contributed by atoms with Gasteiger partial charge in [0.25, 0.3) is 0 Å². The Hall–Kier alpha value is -1.99. The third-order valence-electron chi connectivity index (χ3n) is 1.04. The molecule has 0 fully saturated rings. The largest absolute Gasteiger partial charge is 0.470 e. The Bertz CT molecular complexity index is 246. The monoisotopic (exact) mass is 190 g/mol. The Labute approximate surface area is 72.1 Å². The third-order valence-corrected chi connectivity index (χ3v) is 1.04. The average molecular weight is 190 g/mol. The molecule has 0 unspecified atom stereocenters. The van der Waals surface area contributed by atoms with Crippen molar-refractivity contribution < 1.29 is 19.4 Å². The standard InChI is InChI=1S/C5H6N2O6/c1-13-5(8)3-2-4(6(9)10)7(11)12/h2-4H,1H3/b3-2+. The molecule has 8 heteroatoms. The molecule has 0 aliphatic carbocycles. The van der Waals surface area contributed by atoms with Gasteiger partial charge in [-0.15, -0.1) is 0 Å². The molecular weight excluding hydrogens is 184 g/mol. The van der Waals surface area contributed by atoms with Gasteiger partial charge in [0, 0.05) is 6.08 Å². The van der Waals surface area contributed by atoms with Gasteiger partial charge in [-0.05, 0) is 0 Å². The average Bonchev–Trinajstić information content (AvgIpc) is 2.03. The number of rotatable bonds is 4. The van der Waals surface area contributed by atoms with Crippen LogP contribution in [0.5, 0.6) is 0 Å². The summed E-state index contributed by atoms with van der Waals surface area (Å²) in [7, 11) is 1.06. The highest BCUT2D eigenvalue weighted by molar-refractivity contribution is 5.81. The number of hydrogen-bond acceptors (Lipinski definition) is 6. The molecule has 0 aromatic heterocycles. The molecule has 0 amide bonds. The zero-order valence-corrected chi connectivity index (χ0v) is 6.58. The first-order valence-corrected chi connectivity index (χ1v) is 3.02. The van der Waals surface area contributed by atoms with E-state index in [4.69, 9.17) is 0 Å². The predicted molar refractivity (Wildman–Crippen MR) is 38.9 cm³/mol. The van der Waals surface area contributed by atoms with Crippen molar-refractivity contribution in [1.82, 2.24) is 0 Å². The van der Waals surface area contributed by atoms with E-state index in [0.29, 0.717) is 12.2 Å². The molecule has 0 rings (SSSR count). The summed E-state index contributed by atoms with van der Waals surface area (Å²) in [6.45, 7) is 0. The molecule has 0 aromatic rings. The lowest BCUT2D eigenvalue weighted by Crippen LogP contribution is -2.26. The van der Waals surface area contributed by atoms with Crippen LogP contribution in [-0.4, -0.2) is 29.1 Å². The third kappa shape index (κ3) is 3.79. The molecule has 0 aromatic carbocycles. The first-order valence-electron chi connectivity index (χ1n) is 3.02. The fourth-order valence-electron chi connectivity index (χ4n) is 0.450. The first-order chi connectivity index (χ1) is 5.99. The van der Waals surface area contributed by atoms with Gasteiger partial charge >= 0.3 is 12.1 Å². The number of hydrogen-bond donors (Lipinski definition) is 0. The number of nitro groups is 2. The molecule has 13 heavy (non-hydrogen) atoms. The quantitative estimate of drug-likeness (QED) is 0.196. The second-order valence-corrected chi connectivity index (χ2v) is 1.87. The summed E-state index contributed by atoms with van der Waals surface area (Å²) >= 11 is 0. The fourth-order valence-corrected chi connectivity index (χ4v) is 0.450. The van der Waals surface area contributed by atoms with Crippen molar-refractivity contribution in [2.24, 2.45) is 0 Å². The van der Waals surface area contributed by atoms with Gasteiger partial charge in [0.2, 0.25) is 0 Å². The molecule has 0 heterocycles. The molecule has 0 saturated carbocycles. The van der Waals surface area contributed by atoms with E-state index in [1.807, 2.05) is 0 Å². The summed E-state index contributed by atoms with van der Waals surface area (Å²) in [5.74, 6) is -0.881. The second kappa shape index (κ2) is 4.80. The molecule has 8 nitrogen and oxygen atoms in total. The Morgan fingerprint density at radius 1 is 1.38 bits per heavy atom. The first kappa shape index (κ1) is 11.0. The maximum Gasteiger partial charge on any atom is 0.470 e. The van der Waals surface area contributed by atoms with Crippen molar-refractivity contribution >= 4 is 5.97 Å². The molecule has 72 valence electrons. The van der Waals surface area contributed by atoms with Crippen molar-refractivity contribution in [2.75, 3.05) is 7.11 Å². The zero-order chi connectivity index (χ0) is 10.4. The number of carbonyl (C=O) groups is 1. The van der Waals surface area contributed by atoms with Crippen molar-refractivity contribution in [3.8, 4) is 0 Å². The van der Waals surface area contributed by atoms with E-state index in [2.05, 4.69) is 4.74 Å². The topological polar surface area (TPSA) is 113 Å². The van der Waals surface area contributed by atoms with Crippen molar-refractivity contribution in [1.29, 1.82) is 0 Å². The highest BCUT2D eigenvalue weighted by atomic mass is 16.7. The Morgan fingerprint density at radius 2 is 1.85 bits per heavy atom. The summed E-state index contributed by atoms with van der Waals surface area (Å²) in [4.78, 5) is 28.2. The van der Waals surface area contributed by atoms with Crippen molar-refractivity contribution in [3.05, 3.63) is 32.4 Å². The van der Waals surface area contributed by atoms with Crippen molar-refractivity contribution in [3.63, 3.8) is 0 Å². The minimum Gasteiger partial charge on any atom is -0.466 e. The summed E-state index contributed by atoms with van der Waals surface area (Å²) < 4.78 is 4.09. The molecule has 0 aliphatic rings. The number of nitrogens with zero attached hydrogens (tertiary/aromatic N) is 2. The lowest BCUT2D eigenvalue weighted by atomic mass is 10.4. The lowest BCUT2D eigenvalue weighted by molar-refractivity contribution is -0.727. The number of ether oxygens (including phenoxy) is 1. The Balaban J connectivity index is 4.43. The van der Waals surface area contributed by atoms with Gasteiger partial charge in [0.15, 0.2) is 0 Å². The maximum absolute atomic E-state index is 10.4. The smallest absolute Gasteiger partial charge is 0.466 e. The van der Waals surface area contributed by atoms with Gasteiger partial charge in [-0.1, -0.05) is 0 Å². The highest BCUT2D eigenvalue weighted by Gasteiger charge is 2.28. The van der Waals surface area contributed by atoms with E-state index < -0.39 is 22.0 Å². The Morgan fingerprint density at radius 3 is 2.15 bits per heavy atom. The van der Waals surface area contributed by atoms with Crippen LogP contribution in [0.15, 0.2) is 12.2 Å². The highest BCUT2D eigenvalue weighted by Crippen LogP contribution is 1.94. The van der Waals surface area contributed by atoms with Crippen molar-refractivity contribution in [2.45, 2.75) is 6.17 Å². The number of carbonyl (C=O) groups excluding carboxylic acids is 1. The molecular formula is C5H6N2O6. The summed E-state index contributed by atoms with van der Waals surface area (Å²) in [6.07, 6.45) is -0.929. The molecule has 0 spiro atoms. The molecule has 0 saturated heterocycles. The van der Waals surface area contributed by atoms with Crippen LogP contribution in [0.1, 0.15) is 0 Å². The van der Waals surface area contributed by atoms with Crippen LogP contribution in [0.4, 0.5) is 0 Å². The SMILES string of the molecule is COC(=O)/C=C/C([N+](=O)[O-])[N+](=O)[O-]. The van der Waals surface area contributed by atoms with Crippen LogP contribution in [0.3, 0.4) is 0 Å². The summed E-state index contributed by atoms with van der Waals surface area (Å²) in [5, 5.41) is 20.0. The summed E-state index contributed by atoms with van der Waals surface area (Å²) in [6, 6.07) is 0. The lowest BCUT2D eigenvalue weighted by Gasteiger charge is -1.94. The minimum atomic E-state index is -2.11. The normalized spacial score (nSPS) is 10.3. The van der Waals surface area contributed by atoms with E-state index in [-0.39, 0.29) is 0 Å². The van der Waals surface area contributed by atoms with Crippen LogP contribution in [0.25, 0.3) is 0 Å². The minimum absolute atomic E-state index is 0.547. The van der Waals surface area contributed by atoms with Crippen LogP contribution < -0.4 is 0 Å². The van der Waals surface area contributed by atoms with Gasteiger partial charge < -0.3 is 4.74 Å². The van der Waals surface area contributed by atoms with Crippen LogP contribution in [0, 0.1) is 20.2 Å². The predicted octanol–water partition coefficient (Wildman–Crippen LogP) is -0.405. The van der Waals surface area contributed by atoms with E-state index >= 15 is 0 Å². The molecule has 0 aliphatic heterocycles. The van der Waals surface area contributed by atoms with E-state index in [0.717, 1.165) is 7.11 Å². The maximum atomic E-state index is 10.4. The molecule has 0 N–H and O–H groups in total. The Kier molecular flexibility index (Phi) is 4.07. The molecule has 0 atom stereocenters. The number of esters is 1. The van der Waals surface area contributed by atoms with Crippen LogP contribution >= 0.6 is 0 Å². The van der Waals surface area contributed by atoms with Gasteiger partial charge in [0.1, 0.15) is 9.85 Å². The fraction of sp³-hybridized carbons (Fsp3) is 0.400. The van der Waals surface area contributed by atoms with Gasteiger partial charge in [-0.25, -0.2) is 4.79 Å². The summed E-state index contributed by atoms with van der Waals surface area (Å²) in [5.41, 5.74) is 0. The van der Waals surface area contributed by atoms with E-state index in [1.54, 1.807) is 0 Å². The van der Waals surface area contributed by atoms with Crippen LogP contribution in [-0.2, 0) is 9.53 Å².